The van der Waals surface area contributed by atoms with Crippen molar-refractivity contribution in [1.82, 2.24) is 0 Å². The van der Waals surface area contributed by atoms with E-state index in [1.54, 1.807) is 20.3 Å². The number of halogens is 1. The third-order valence-electron chi connectivity index (χ3n) is 4.01. The van der Waals surface area contributed by atoms with E-state index >= 15 is 0 Å². The maximum atomic E-state index is 14.1. The molecule has 0 aliphatic rings. The van der Waals surface area contributed by atoms with E-state index in [2.05, 4.69) is 0 Å². The minimum absolute atomic E-state index is 0.222. The van der Waals surface area contributed by atoms with Crippen LogP contribution in [-0.2, 0) is 0 Å². The number of hydrogen-bond donors (Lipinski definition) is 0. The van der Waals surface area contributed by atoms with Gasteiger partial charge in [0, 0.05) is 16.2 Å². The Kier molecular flexibility index (Phi) is 3.20. The summed E-state index contributed by atoms with van der Waals surface area (Å²) in [7, 11) is 3.28. The summed E-state index contributed by atoms with van der Waals surface area (Å²) in [5.41, 5.74) is 1.97. The van der Waals surface area contributed by atoms with Gasteiger partial charge in [0.1, 0.15) is 17.3 Å². The van der Waals surface area contributed by atoms with E-state index in [0.29, 0.717) is 5.39 Å². The van der Waals surface area contributed by atoms with Crippen molar-refractivity contribution in [3.8, 4) is 11.5 Å². The summed E-state index contributed by atoms with van der Waals surface area (Å²) in [6.07, 6.45) is 0. The summed E-state index contributed by atoms with van der Waals surface area (Å²) in [4.78, 5) is 0. The summed E-state index contributed by atoms with van der Waals surface area (Å²) in [5.74, 6) is 1.33. The Morgan fingerprint density at radius 3 is 2.33 bits per heavy atom. The van der Waals surface area contributed by atoms with Gasteiger partial charge in [-0.05, 0) is 48.6 Å². The molecule has 0 atom stereocenters. The van der Waals surface area contributed by atoms with Crippen molar-refractivity contribution in [2.75, 3.05) is 14.2 Å². The largest absolute Gasteiger partial charge is 0.496 e. The molecule has 108 valence electrons. The quantitative estimate of drug-likeness (QED) is 0.631. The topological polar surface area (TPSA) is 18.5 Å². The van der Waals surface area contributed by atoms with Gasteiger partial charge >= 0.3 is 0 Å². The predicted molar refractivity (Wildman–Crippen MR) is 84.0 cm³/mol. The van der Waals surface area contributed by atoms with E-state index < -0.39 is 0 Å². The summed E-state index contributed by atoms with van der Waals surface area (Å²) in [6, 6.07) is 8.95. The fraction of sp³-hybridized carbons (Fsp3) is 0.222. The van der Waals surface area contributed by atoms with Gasteiger partial charge in [0.2, 0.25) is 0 Å². The molecule has 0 fully saturated rings. The van der Waals surface area contributed by atoms with Crippen LogP contribution in [0.1, 0.15) is 11.1 Å². The van der Waals surface area contributed by atoms with Crippen LogP contribution in [0.25, 0.3) is 21.5 Å². The molecule has 3 aromatic carbocycles. The Morgan fingerprint density at radius 1 is 0.905 bits per heavy atom. The smallest absolute Gasteiger partial charge is 0.131 e. The van der Waals surface area contributed by atoms with Gasteiger partial charge in [-0.1, -0.05) is 12.1 Å². The van der Waals surface area contributed by atoms with Crippen molar-refractivity contribution in [3.05, 3.63) is 47.3 Å². The van der Waals surface area contributed by atoms with Crippen LogP contribution in [0.15, 0.2) is 30.3 Å². The van der Waals surface area contributed by atoms with Crippen LogP contribution in [-0.4, -0.2) is 14.2 Å². The Balaban J connectivity index is 2.61. The molecule has 0 saturated heterocycles. The molecule has 0 N–H and O–H groups in total. The highest BCUT2D eigenvalue weighted by molar-refractivity contribution is 6.07. The van der Waals surface area contributed by atoms with Gasteiger partial charge in [-0.25, -0.2) is 4.39 Å². The van der Waals surface area contributed by atoms with Crippen LogP contribution in [0.3, 0.4) is 0 Å². The lowest BCUT2D eigenvalue weighted by Gasteiger charge is -2.16. The van der Waals surface area contributed by atoms with Gasteiger partial charge < -0.3 is 9.47 Å². The Bertz CT molecular complexity index is 853. The number of hydrogen-bond acceptors (Lipinski definition) is 2. The van der Waals surface area contributed by atoms with Gasteiger partial charge in [-0.3, -0.25) is 0 Å². The molecule has 3 heteroatoms. The molecular weight excluding hydrogens is 267 g/mol. The van der Waals surface area contributed by atoms with E-state index in [9.17, 15) is 4.39 Å². The molecule has 0 saturated carbocycles. The fourth-order valence-electron chi connectivity index (χ4n) is 3.04. The summed E-state index contributed by atoms with van der Waals surface area (Å²) < 4.78 is 25.2. The third kappa shape index (κ3) is 1.92. The zero-order chi connectivity index (χ0) is 15.1. The molecule has 0 radical (unpaired) electrons. The lowest BCUT2D eigenvalue weighted by atomic mass is 9.94. The van der Waals surface area contributed by atoms with Gasteiger partial charge in [-0.15, -0.1) is 0 Å². The first kappa shape index (κ1) is 13.7. The molecular formula is C18H17FO2. The number of fused-ring (bicyclic) bond motifs is 2. The van der Waals surface area contributed by atoms with Crippen LogP contribution in [0.4, 0.5) is 4.39 Å². The number of rotatable bonds is 2. The van der Waals surface area contributed by atoms with Crippen molar-refractivity contribution in [1.29, 1.82) is 0 Å². The molecule has 0 unspecified atom stereocenters. The van der Waals surface area contributed by atoms with Gasteiger partial charge in [-0.2, -0.15) is 0 Å². The molecule has 0 aliphatic carbocycles. The van der Waals surface area contributed by atoms with Crippen LogP contribution in [0.5, 0.6) is 11.5 Å². The molecule has 3 aromatic rings. The molecule has 0 spiro atoms. The monoisotopic (exact) mass is 284 g/mol. The van der Waals surface area contributed by atoms with Crippen LogP contribution >= 0.6 is 0 Å². The second-order valence-corrected chi connectivity index (χ2v) is 5.19. The molecule has 0 aromatic heterocycles. The number of ether oxygens (including phenoxy) is 2. The van der Waals surface area contributed by atoms with Gasteiger partial charge in [0.15, 0.2) is 0 Å². The average Bonchev–Trinajstić information content (AvgIpc) is 2.47. The van der Waals surface area contributed by atoms with Gasteiger partial charge in [0.25, 0.3) is 0 Å². The third-order valence-corrected chi connectivity index (χ3v) is 4.01. The SMILES string of the molecule is COc1c(C)cc(OC)c2c(C)c3cccc(F)c3cc12. The van der Waals surface area contributed by atoms with E-state index in [1.165, 1.54) is 6.07 Å². The number of methoxy groups -OCH3 is 2. The maximum absolute atomic E-state index is 14.1. The Hall–Kier alpha value is -2.29. The van der Waals surface area contributed by atoms with Crippen molar-refractivity contribution >= 4 is 21.5 Å². The molecule has 3 rings (SSSR count). The highest BCUT2D eigenvalue weighted by Crippen LogP contribution is 2.41. The average molecular weight is 284 g/mol. The molecule has 0 bridgehead atoms. The first-order chi connectivity index (χ1) is 10.1. The normalized spacial score (nSPS) is 11.1. The maximum Gasteiger partial charge on any atom is 0.131 e. The van der Waals surface area contributed by atoms with Crippen molar-refractivity contribution < 1.29 is 13.9 Å². The van der Waals surface area contributed by atoms with E-state index in [0.717, 1.165) is 38.8 Å². The molecule has 2 nitrogen and oxygen atoms in total. The standard InChI is InChI=1S/C18H17FO2/c1-10-8-16(20-3)17-11(2)12-6-5-7-15(19)13(12)9-14(17)18(10)21-4/h5-9H,1-4H3. The summed E-state index contributed by atoms with van der Waals surface area (Å²) in [6.45, 7) is 3.95. The van der Waals surface area contributed by atoms with Crippen molar-refractivity contribution in [2.45, 2.75) is 13.8 Å². The van der Waals surface area contributed by atoms with Crippen molar-refractivity contribution in [2.24, 2.45) is 0 Å². The molecule has 0 aliphatic heterocycles. The Morgan fingerprint density at radius 2 is 1.67 bits per heavy atom. The first-order valence-corrected chi connectivity index (χ1v) is 6.81. The number of benzene rings is 3. The zero-order valence-corrected chi connectivity index (χ0v) is 12.6. The van der Waals surface area contributed by atoms with E-state index in [4.69, 9.17) is 9.47 Å². The van der Waals surface area contributed by atoms with Crippen LogP contribution < -0.4 is 9.47 Å². The lowest BCUT2D eigenvalue weighted by Crippen LogP contribution is -1.96. The van der Waals surface area contributed by atoms with Crippen molar-refractivity contribution in [3.63, 3.8) is 0 Å². The lowest BCUT2D eigenvalue weighted by molar-refractivity contribution is 0.408. The zero-order valence-electron chi connectivity index (χ0n) is 12.6. The molecule has 21 heavy (non-hydrogen) atoms. The molecule has 0 amide bonds. The van der Waals surface area contributed by atoms with Gasteiger partial charge in [0.05, 0.1) is 14.2 Å². The highest BCUT2D eigenvalue weighted by Gasteiger charge is 2.16. The summed E-state index contributed by atoms with van der Waals surface area (Å²) >= 11 is 0. The number of aryl methyl sites for hydroxylation is 2. The Labute approximate surface area is 123 Å². The fourth-order valence-corrected chi connectivity index (χ4v) is 3.04. The second kappa shape index (κ2) is 4.92. The van der Waals surface area contributed by atoms with E-state index in [-0.39, 0.29) is 5.82 Å². The highest BCUT2D eigenvalue weighted by atomic mass is 19.1. The minimum atomic E-state index is -0.222. The predicted octanol–water partition coefficient (Wildman–Crippen LogP) is 4.77. The first-order valence-electron chi connectivity index (χ1n) is 6.81. The molecule has 0 heterocycles. The van der Waals surface area contributed by atoms with Crippen LogP contribution in [0, 0.1) is 19.7 Å². The van der Waals surface area contributed by atoms with Crippen LogP contribution in [0.2, 0.25) is 0 Å². The second-order valence-electron chi connectivity index (χ2n) is 5.19. The summed E-state index contributed by atoms with van der Waals surface area (Å²) in [5, 5.41) is 3.35. The minimum Gasteiger partial charge on any atom is -0.496 e. The van der Waals surface area contributed by atoms with E-state index in [1.807, 2.05) is 32.0 Å².